The summed E-state index contributed by atoms with van der Waals surface area (Å²) in [4.78, 5) is 38.2. The smallest absolute Gasteiger partial charge is 0.311 e. The summed E-state index contributed by atoms with van der Waals surface area (Å²) in [5.41, 5.74) is -4.26. The summed E-state index contributed by atoms with van der Waals surface area (Å²) < 4.78 is 43.5. The second-order valence-corrected chi connectivity index (χ2v) is 21.6. The average Bonchev–Trinajstić information content (AvgIpc) is 3.34. The van der Waals surface area contributed by atoms with Gasteiger partial charge in [0.1, 0.15) is 36.3 Å². The van der Waals surface area contributed by atoms with Gasteiger partial charge in [0.2, 0.25) is 0 Å². The van der Waals surface area contributed by atoms with Gasteiger partial charge in [-0.1, -0.05) is 38.9 Å². The highest BCUT2D eigenvalue weighted by Crippen LogP contribution is 2.41. The van der Waals surface area contributed by atoms with E-state index in [1.165, 1.54) is 26.0 Å². The molecule has 0 aliphatic carbocycles. The third-order valence-electron chi connectivity index (χ3n) is 15.7. The molecule has 4 aliphatic rings. The van der Waals surface area contributed by atoms with Crippen LogP contribution in [0.15, 0.2) is 41.6 Å². The molecule has 4 aliphatic heterocycles. The Morgan fingerprint density at radius 3 is 2.25 bits per heavy atom. The highest BCUT2D eigenvalue weighted by molar-refractivity contribution is 5.94. The zero-order valence-corrected chi connectivity index (χ0v) is 45.2. The van der Waals surface area contributed by atoms with Crippen LogP contribution in [0.3, 0.4) is 0 Å². The van der Waals surface area contributed by atoms with Crippen molar-refractivity contribution in [3.05, 3.63) is 42.0 Å². The van der Waals surface area contributed by atoms with E-state index in [0.29, 0.717) is 23.1 Å². The maximum atomic E-state index is 14.6. The molecule has 1 amide bonds. The number of aliphatic hydroxyl groups excluding tert-OH is 3. The highest BCUT2D eigenvalue weighted by Gasteiger charge is 2.54. The summed E-state index contributed by atoms with van der Waals surface area (Å²) in [7, 11) is 4.62. The van der Waals surface area contributed by atoms with E-state index in [1.807, 2.05) is 19.1 Å². The van der Waals surface area contributed by atoms with Gasteiger partial charge >= 0.3 is 5.97 Å². The molecule has 0 bridgehead atoms. The Kier molecular flexibility index (Phi) is 21.1. The van der Waals surface area contributed by atoms with Gasteiger partial charge in [-0.25, -0.2) is 0 Å². The van der Waals surface area contributed by atoms with Crippen LogP contribution >= 0.6 is 0 Å². The maximum Gasteiger partial charge on any atom is 0.311 e. The van der Waals surface area contributed by atoms with Crippen molar-refractivity contribution in [2.45, 2.75) is 192 Å². The molecule has 19 atom stereocenters. The molecule has 0 spiro atoms. The van der Waals surface area contributed by atoms with Gasteiger partial charge in [-0.05, 0) is 98.1 Å². The number of amides is 1. The van der Waals surface area contributed by atoms with Crippen molar-refractivity contribution >= 4 is 17.6 Å². The van der Waals surface area contributed by atoms with Crippen molar-refractivity contribution in [2.75, 3.05) is 54.1 Å². The summed E-state index contributed by atoms with van der Waals surface area (Å²) in [6.07, 6.45) is -7.15. The number of nitrogens with zero attached hydrogens (tertiary/aromatic N) is 3. The molecule has 4 saturated heterocycles. The van der Waals surface area contributed by atoms with Gasteiger partial charge < -0.3 is 73.7 Å². The molecule has 1 aromatic rings. The lowest BCUT2D eigenvalue weighted by molar-refractivity contribution is -0.317. The molecule has 6 N–H and O–H groups in total. The minimum absolute atomic E-state index is 0.0531. The first-order chi connectivity index (χ1) is 33.8. The largest absolute Gasteiger partial charge is 0.497 e. The van der Waals surface area contributed by atoms with E-state index >= 15 is 0 Å². The first kappa shape index (κ1) is 59.6. The monoisotopic (exact) mass is 1020 g/mol. The van der Waals surface area contributed by atoms with Crippen molar-refractivity contribution in [3.63, 3.8) is 0 Å². The number of piperazine rings is 1. The first-order valence-corrected chi connectivity index (χ1v) is 25.9. The lowest BCUT2D eigenvalue weighted by Gasteiger charge is -2.49. The number of benzene rings is 1. The molecule has 4 heterocycles. The molecule has 5 rings (SSSR count). The van der Waals surface area contributed by atoms with Crippen molar-refractivity contribution in [2.24, 2.45) is 28.8 Å². The number of esters is 1. The highest BCUT2D eigenvalue weighted by atomic mass is 16.7. The van der Waals surface area contributed by atoms with Crippen molar-refractivity contribution in [1.29, 1.82) is 0 Å². The molecule has 72 heavy (non-hydrogen) atoms. The topological polar surface area (TPSA) is 240 Å². The Hall–Kier alpha value is -3.31. The van der Waals surface area contributed by atoms with E-state index in [4.69, 9.17) is 38.0 Å². The molecule has 410 valence electrons. The van der Waals surface area contributed by atoms with Crippen LogP contribution in [0.1, 0.15) is 112 Å². The number of nitrogens with one attached hydrogen (secondary N) is 1. The van der Waals surface area contributed by atoms with Gasteiger partial charge in [0.25, 0.3) is 5.91 Å². The molecule has 19 nitrogen and oxygen atoms in total. The van der Waals surface area contributed by atoms with Crippen LogP contribution in [0.25, 0.3) is 0 Å². The predicted octanol–water partition coefficient (Wildman–Crippen LogP) is 3.66. The summed E-state index contributed by atoms with van der Waals surface area (Å²) in [6, 6.07) is 6.25. The van der Waals surface area contributed by atoms with Crippen molar-refractivity contribution < 1.29 is 73.1 Å². The first-order valence-electron chi connectivity index (χ1n) is 25.9. The number of cyclic esters (lactones) is 1. The summed E-state index contributed by atoms with van der Waals surface area (Å²) in [5.74, 6) is -4.16. The second-order valence-electron chi connectivity index (χ2n) is 21.6. The van der Waals surface area contributed by atoms with Gasteiger partial charge in [-0.2, -0.15) is 0 Å². The summed E-state index contributed by atoms with van der Waals surface area (Å²) >= 11 is 0. The van der Waals surface area contributed by atoms with E-state index < -0.39 is 114 Å². The van der Waals surface area contributed by atoms with Crippen LogP contribution in [0.5, 0.6) is 5.75 Å². The minimum Gasteiger partial charge on any atom is -0.497 e. The third kappa shape index (κ3) is 14.1. The molecule has 19 heteroatoms. The number of carbonyl (C=O) groups is 2. The Morgan fingerprint density at radius 2 is 1.62 bits per heavy atom. The van der Waals surface area contributed by atoms with Crippen LogP contribution in [-0.2, 0) is 38.1 Å². The van der Waals surface area contributed by atoms with E-state index in [-0.39, 0.29) is 38.2 Å². The number of carbonyl (C=O) groups excluding carboxylic acids is 2. The van der Waals surface area contributed by atoms with E-state index in [0.717, 1.165) is 26.2 Å². The van der Waals surface area contributed by atoms with E-state index in [2.05, 4.69) is 22.3 Å². The molecular weight excluding hydrogens is 933 g/mol. The number of hydrogen-bond acceptors (Lipinski definition) is 18. The molecule has 0 saturated carbocycles. The Bertz CT molecular complexity index is 1960. The van der Waals surface area contributed by atoms with Crippen LogP contribution < -0.4 is 10.1 Å². The number of ether oxygens (including phenoxy) is 7. The zero-order valence-electron chi connectivity index (χ0n) is 45.2. The van der Waals surface area contributed by atoms with Crippen LogP contribution in [0.4, 0.5) is 0 Å². The fourth-order valence-corrected chi connectivity index (χ4v) is 11.2. The fourth-order valence-electron chi connectivity index (χ4n) is 11.2. The second kappa shape index (κ2) is 25.5. The van der Waals surface area contributed by atoms with Crippen LogP contribution in [0.2, 0.25) is 0 Å². The lowest BCUT2D eigenvalue weighted by Crippen LogP contribution is -2.61. The SMILES string of the molecule is CC[C@H]1OC(=O)[C@H](C)[C@@H](O[C@H]2C[C@@](C)(OC)[C@@H](O)[C@H](C)O2)[C@H](C)[C@@H](O[C@@H]2O[C@H](C)C[C@H](N(C)C(=O)c3ccc(OC)cc3)[C@H]2O)[C@@](C)(O)C[C@@H](C)/C(=N\OC/C=C/CN2CCNC(C)C2)[C@H](C)[C@@H](O)[C@]1(C)O. The molecule has 4 fully saturated rings. The van der Waals surface area contributed by atoms with Gasteiger partial charge in [-0.15, -0.1) is 0 Å². The zero-order chi connectivity index (χ0) is 53.5. The normalized spacial score (nSPS) is 41.7. The van der Waals surface area contributed by atoms with Crippen molar-refractivity contribution in [1.82, 2.24) is 15.1 Å². The summed E-state index contributed by atoms with van der Waals surface area (Å²) in [5, 5.41) is 68.8. The Morgan fingerprint density at radius 1 is 0.944 bits per heavy atom. The molecule has 1 aromatic carbocycles. The number of rotatable bonds is 14. The summed E-state index contributed by atoms with van der Waals surface area (Å²) in [6.45, 7) is 22.6. The van der Waals surface area contributed by atoms with E-state index in [9.17, 15) is 35.1 Å². The van der Waals surface area contributed by atoms with Crippen LogP contribution in [-0.4, -0.2) is 197 Å². The Balaban J connectivity index is 1.57. The minimum atomic E-state index is -1.99. The number of hydrogen-bond donors (Lipinski definition) is 6. The fraction of sp³-hybridized carbons (Fsp3) is 0.792. The number of methoxy groups -OCH3 is 2. The average molecular weight is 1020 g/mol. The molecule has 0 radical (unpaired) electrons. The van der Waals surface area contributed by atoms with E-state index in [1.54, 1.807) is 86.7 Å². The number of oxime groups is 1. The van der Waals surface area contributed by atoms with Crippen molar-refractivity contribution in [3.8, 4) is 5.75 Å². The lowest BCUT2D eigenvalue weighted by atomic mass is 9.73. The predicted molar refractivity (Wildman–Crippen MR) is 269 cm³/mol. The number of likely N-dealkylation sites (N-methyl/N-ethyl adjacent to an activating group) is 1. The van der Waals surface area contributed by atoms with Gasteiger partial charge in [0, 0.05) is 76.1 Å². The number of aliphatic hydroxyl groups is 5. The molecular formula is C53H88N4O15. The van der Waals surface area contributed by atoms with Gasteiger partial charge in [-0.3, -0.25) is 14.5 Å². The maximum absolute atomic E-state index is 14.6. The van der Waals surface area contributed by atoms with Crippen LogP contribution in [0, 0.1) is 23.7 Å². The van der Waals surface area contributed by atoms with Gasteiger partial charge in [0.05, 0.1) is 66.5 Å². The molecule has 1 unspecified atom stereocenters. The Labute approximate surface area is 427 Å². The quantitative estimate of drug-likeness (QED) is 0.0675. The standard InChI is InChI=1S/C53H88N4O15/c1-15-40-53(11,64)45(59)33(5)42(55-67-25-17-16-23-57-24-22-54-31(3)29-57)30(2)27-51(9,63)47(34(6)44(35(7)49(62)70-40)71-41-28-52(10,66-14)46(60)36(8)69-41)72-50-43(58)39(26-32(4)68-50)56(12)48(61)37-18-20-38(65-13)21-19-37/h16-21,30-36,39-41,43-47,50,54,58-60,63-64H,15,22-29H2,1-14H3/b17-16+,55-42+/t30-,31?,32-,33+,34+,35-,36+,39+,40-,41+,43-,44+,45-,46+,47-,50+,51+,52-,53-/m1/s1. The van der Waals surface area contributed by atoms with Gasteiger partial charge in [0.15, 0.2) is 12.6 Å². The molecule has 0 aromatic heterocycles. The third-order valence-corrected chi connectivity index (χ3v) is 15.7.